The second-order valence-electron chi connectivity index (χ2n) is 2.94. The summed E-state index contributed by atoms with van der Waals surface area (Å²) in [7, 11) is 0. The highest BCUT2D eigenvalue weighted by Gasteiger charge is 2.01. The highest BCUT2D eigenvalue weighted by atomic mass is 15.3. The summed E-state index contributed by atoms with van der Waals surface area (Å²) >= 11 is 0. The van der Waals surface area contributed by atoms with E-state index in [9.17, 15) is 0 Å². The lowest BCUT2D eigenvalue weighted by atomic mass is 10.1. The van der Waals surface area contributed by atoms with Gasteiger partial charge < -0.3 is 0 Å². The lowest BCUT2D eigenvalue weighted by molar-refractivity contribution is 0.959. The zero-order chi connectivity index (χ0) is 8.55. The predicted octanol–water partition coefficient (Wildman–Crippen LogP) is 1.83. The lowest BCUT2D eigenvalue weighted by Gasteiger charge is -2.00. The Morgan fingerprint density at radius 3 is 2.58 bits per heavy atom. The predicted molar refractivity (Wildman–Crippen MR) is 48.0 cm³/mol. The van der Waals surface area contributed by atoms with E-state index in [1.807, 2.05) is 0 Å². The third-order valence-electron chi connectivity index (χ3n) is 2.15. The van der Waals surface area contributed by atoms with E-state index in [2.05, 4.69) is 41.4 Å². The number of rotatable bonds is 1. The third-order valence-corrected chi connectivity index (χ3v) is 2.15. The molecule has 0 saturated carbocycles. The first-order valence-electron chi connectivity index (χ1n) is 4.11. The van der Waals surface area contributed by atoms with E-state index >= 15 is 0 Å². The molecule has 0 unspecified atom stereocenters. The number of H-pyrrole nitrogens is 1. The number of hydrogen-bond donors (Lipinski definition) is 1. The van der Waals surface area contributed by atoms with Gasteiger partial charge in [-0.05, 0) is 36.6 Å². The number of aryl methyl sites for hydroxylation is 2. The molecule has 1 aromatic heterocycles. The Bertz CT molecular complexity index is 403. The van der Waals surface area contributed by atoms with Gasteiger partial charge in [-0.2, -0.15) is 15.4 Å². The van der Waals surface area contributed by atoms with E-state index in [1.165, 1.54) is 11.1 Å². The van der Waals surface area contributed by atoms with Crippen LogP contribution in [0.4, 0.5) is 0 Å². The van der Waals surface area contributed by atoms with Crippen LogP contribution in [0.2, 0.25) is 0 Å². The first-order valence-corrected chi connectivity index (χ1v) is 4.11. The molecule has 3 heteroatoms. The van der Waals surface area contributed by atoms with Gasteiger partial charge >= 0.3 is 0 Å². The average molecular weight is 161 g/mol. The number of aromatic nitrogens is 3. The zero-order valence-electron chi connectivity index (χ0n) is 7.26. The molecule has 1 heterocycles. The molecule has 0 saturated heterocycles. The van der Waals surface area contributed by atoms with Crippen LogP contribution in [-0.4, -0.2) is 15.4 Å². The van der Waals surface area contributed by atoms with Crippen molar-refractivity contribution in [3.63, 3.8) is 0 Å². The summed E-state index contributed by atoms with van der Waals surface area (Å²) in [4.78, 5) is 0. The second-order valence-corrected chi connectivity index (χ2v) is 2.94. The molecule has 3 nitrogen and oxygen atoms in total. The lowest BCUT2D eigenvalue weighted by Crippen LogP contribution is -1.85. The molecule has 0 aliphatic carbocycles. The molecule has 12 heavy (non-hydrogen) atoms. The minimum atomic E-state index is 0.949. The van der Waals surface area contributed by atoms with Crippen LogP contribution in [0.5, 0.6) is 0 Å². The topological polar surface area (TPSA) is 41.6 Å². The fourth-order valence-corrected chi connectivity index (χ4v) is 1.42. The van der Waals surface area contributed by atoms with Crippen LogP contribution in [0.25, 0.3) is 11.0 Å². The molecule has 0 radical (unpaired) electrons. The first kappa shape index (κ1) is 7.28. The van der Waals surface area contributed by atoms with Crippen molar-refractivity contribution in [1.82, 2.24) is 15.4 Å². The van der Waals surface area contributed by atoms with Gasteiger partial charge in [0.25, 0.3) is 0 Å². The molecule has 1 N–H and O–H groups in total. The Morgan fingerprint density at radius 1 is 1.25 bits per heavy atom. The van der Waals surface area contributed by atoms with Gasteiger partial charge in [-0.1, -0.05) is 6.92 Å². The molecule has 0 amide bonds. The van der Waals surface area contributed by atoms with Crippen LogP contribution in [-0.2, 0) is 6.42 Å². The smallest absolute Gasteiger partial charge is 0.113 e. The van der Waals surface area contributed by atoms with Crippen LogP contribution in [0.1, 0.15) is 18.1 Å². The van der Waals surface area contributed by atoms with Crippen LogP contribution in [0.15, 0.2) is 12.1 Å². The van der Waals surface area contributed by atoms with Crippen molar-refractivity contribution < 1.29 is 0 Å². The molecule has 0 aliphatic heterocycles. The minimum absolute atomic E-state index is 0.949. The normalized spacial score (nSPS) is 10.8. The number of fused-ring (bicyclic) bond motifs is 1. The van der Waals surface area contributed by atoms with Crippen molar-refractivity contribution in [3.05, 3.63) is 23.3 Å². The summed E-state index contributed by atoms with van der Waals surface area (Å²) in [6.45, 7) is 4.25. The molecular weight excluding hydrogens is 150 g/mol. The monoisotopic (exact) mass is 161 g/mol. The number of aromatic amines is 1. The van der Waals surface area contributed by atoms with E-state index in [4.69, 9.17) is 0 Å². The van der Waals surface area contributed by atoms with Gasteiger partial charge in [-0.25, -0.2) is 0 Å². The van der Waals surface area contributed by atoms with Crippen LogP contribution >= 0.6 is 0 Å². The third kappa shape index (κ3) is 0.978. The van der Waals surface area contributed by atoms with E-state index in [-0.39, 0.29) is 0 Å². The van der Waals surface area contributed by atoms with Gasteiger partial charge in [0.15, 0.2) is 0 Å². The van der Waals surface area contributed by atoms with Crippen molar-refractivity contribution >= 4 is 11.0 Å². The quantitative estimate of drug-likeness (QED) is 0.693. The average Bonchev–Trinajstić information content (AvgIpc) is 2.49. The second kappa shape index (κ2) is 2.59. The van der Waals surface area contributed by atoms with E-state index in [0.29, 0.717) is 0 Å². The van der Waals surface area contributed by atoms with Crippen LogP contribution in [0, 0.1) is 6.92 Å². The standard InChI is InChI=1S/C9H11N3/c1-3-7-5-9-8(4-6(7)2)10-12-11-9/h4-5H,3H2,1-2H3,(H,10,11,12). The Labute approximate surface area is 70.8 Å². The highest BCUT2D eigenvalue weighted by Crippen LogP contribution is 2.15. The van der Waals surface area contributed by atoms with Gasteiger partial charge in [-0.3, -0.25) is 0 Å². The summed E-state index contributed by atoms with van der Waals surface area (Å²) in [5, 5.41) is 10.7. The molecule has 2 rings (SSSR count). The Morgan fingerprint density at radius 2 is 1.92 bits per heavy atom. The minimum Gasteiger partial charge on any atom is -0.197 e. The number of nitrogens with zero attached hydrogens (tertiary/aromatic N) is 2. The summed E-state index contributed by atoms with van der Waals surface area (Å²) in [6, 6.07) is 4.16. The molecule has 0 bridgehead atoms. The molecule has 1 aromatic carbocycles. The summed E-state index contributed by atoms with van der Waals surface area (Å²) in [5.41, 5.74) is 4.54. The first-order chi connectivity index (χ1) is 5.81. The molecule has 2 aromatic rings. The maximum Gasteiger partial charge on any atom is 0.113 e. The van der Waals surface area contributed by atoms with Gasteiger partial charge in [0, 0.05) is 0 Å². The number of benzene rings is 1. The molecule has 0 atom stereocenters. The summed E-state index contributed by atoms with van der Waals surface area (Å²) < 4.78 is 0. The largest absolute Gasteiger partial charge is 0.197 e. The van der Waals surface area contributed by atoms with Crippen molar-refractivity contribution in [2.75, 3.05) is 0 Å². The molecule has 0 fully saturated rings. The zero-order valence-corrected chi connectivity index (χ0v) is 7.26. The van der Waals surface area contributed by atoms with Crippen molar-refractivity contribution in [3.8, 4) is 0 Å². The maximum absolute atomic E-state index is 4.03. The van der Waals surface area contributed by atoms with Crippen molar-refractivity contribution in [2.24, 2.45) is 0 Å². The molecule has 62 valence electrons. The number of hydrogen-bond acceptors (Lipinski definition) is 2. The van der Waals surface area contributed by atoms with Crippen LogP contribution < -0.4 is 0 Å². The van der Waals surface area contributed by atoms with E-state index in [0.717, 1.165) is 17.5 Å². The fourth-order valence-electron chi connectivity index (χ4n) is 1.42. The fraction of sp³-hybridized carbons (Fsp3) is 0.333. The molecular formula is C9H11N3. The van der Waals surface area contributed by atoms with Crippen molar-refractivity contribution in [2.45, 2.75) is 20.3 Å². The summed E-state index contributed by atoms with van der Waals surface area (Å²) in [5.74, 6) is 0. The number of nitrogens with one attached hydrogen (secondary N) is 1. The molecule has 0 spiro atoms. The van der Waals surface area contributed by atoms with Gasteiger partial charge in [0.05, 0.1) is 0 Å². The van der Waals surface area contributed by atoms with E-state index < -0.39 is 0 Å². The van der Waals surface area contributed by atoms with Gasteiger partial charge in [-0.15, -0.1) is 0 Å². The SMILES string of the molecule is CCc1cc2n[nH]nc2cc1C. The maximum atomic E-state index is 4.03. The highest BCUT2D eigenvalue weighted by molar-refractivity contribution is 5.75. The van der Waals surface area contributed by atoms with Crippen LogP contribution in [0.3, 0.4) is 0 Å². The summed E-state index contributed by atoms with van der Waals surface area (Å²) in [6.07, 6.45) is 1.05. The van der Waals surface area contributed by atoms with Gasteiger partial charge in [0.2, 0.25) is 0 Å². The molecule has 0 aliphatic rings. The van der Waals surface area contributed by atoms with Crippen molar-refractivity contribution in [1.29, 1.82) is 0 Å². The Hall–Kier alpha value is -1.38. The Kier molecular flexibility index (Phi) is 1.57. The van der Waals surface area contributed by atoms with E-state index in [1.54, 1.807) is 0 Å². The van der Waals surface area contributed by atoms with Gasteiger partial charge in [0.1, 0.15) is 11.0 Å². The Balaban J connectivity index is 2.73.